The average molecular weight is 130 g/mol. The fourth-order valence-electron chi connectivity index (χ4n) is 0.562. The first-order valence-electron chi connectivity index (χ1n) is 3.41. The molecule has 0 saturated heterocycles. The van der Waals surface area contributed by atoms with Crippen LogP contribution in [0.25, 0.3) is 0 Å². The van der Waals surface area contributed by atoms with Gasteiger partial charge in [-0.3, -0.25) is 0 Å². The summed E-state index contributed by atoms with van der Waals surface area (Å²) in [6.07, 6.45) is 0. The van der Waals surface area contributed by atoms with E-state index in [0.717, 1.165) is 13.2 Å². The van der Waals surface area contributed by atoms with Crippen molar-refractivity contribution in [2.75, 3.05) is 20.3 Å². The minimum absolute atomic E-state index is 0.400. The molecule has 2 N–H and O–H groups in total. The van der Waals surface area contributed by atoms with E-state index in [1.54, 1.807) is 0 Å². The first-order valence-corrected chi connectivity index (χ1v) is 3.41. The van der Waals surface area contributed by atoms with Gasteiger partial charge in [0.25, 0.3) is 0 Å². The third-order valence-electron chi connectivity index (χ3n) is 0.957. The molecule has 0 fully saturated rings. The first kappa shape index (κ1) is 8.92. The third kappa shape index (κ3) is 7.92. The lowest BCUT2D eigenvalue weighted by atomic mass is 9.97. The summed E-state index contributed by atoms with van der Waals surface area (Å²) in [4.78, 5) is 0. The van der Waals surface area contributed by atoms with E-state index < -0.39 is 0 Å². The molecule has 56 valence electrons. The van der Waals surface area contributed by atoms with Gasteiger partial charge in [-0.05, 0) is 12.5 Å². The normalized spacial score (nSPS) is 12.0. The Balaban J connectivity index is 3.07. The maximum Gasteiger partial charge on any atom is 0.0451 e. The van der Waals surface area contributed by atoms with Gasteiger partial charge in [0.15, 0.2) is 0 Å². The van der Waals surface area contributed by atoms with Crippen molar-refractivity contribution in [3.63, 3.8) is 0 Å². The molecule has 0 saturated carbocycles. The second-order valence-corrected chi connectivity index (χ2v) is 3.52. The molecular formula is C7H18N2. The van der Waals surface area contributed by atoms with Crippen molar-refractivity contribution in [2.24, 2.45) is 5.41 Å². The van der Waals surface area contributed by atoms with Crippen LogP contribution in [0.4, 0.5) is 0 Å². The first-order chi connectivity index (χ1) is 4.06. The van der Waals surface area contributed by atoms with Crippen molar-refractivity contribution >= 4 is 0 Å². The van der Waals surface area contributed by atoms with Gasteiger partial charge in [0.2, 0.25) is 0 Å². The maximum atomic E-state index is 3.26. The summed E-state index contributed by atoms with van der Waals surface area (Å²) in [6, 6.07) is 0. The highest BCUT2D eigenvalue weighted by Gasteiger charge is 2.07. The fourth-order valence-corrected chi connectivity index (χ4v) is 0.562. The fraction of sp³-hybridized carbons (Fsp3) is 1.00. The van der Waals surface area contributed by atoms with Crippen LogP contribution in [0.15, 0.2) is 0 Å². The van der Waals surface area contributed by atoms with Gasteiger partial charge in [-0.2, -0.15) is 0 Å². The lowest BCUT2D eigenvalue weighted by Crippen LogP contribution is -2.33. The van der Waals surface area contributed by atoms with E-state index in [1.807, 2.05) is 7.05 Å². The number of nitrogens with one attached hydrogen (secondary N) is 2. The topological polar surface area (TPSA) is 24.1 Å². The van der Waals surface area contributed by atoms with Crippen molar-refractivity contribution in [3.8, 4) is 0 Å². The van der Waals surface area contributed by atoms with E-state index in [4.69, 9.17) is 0 Å². The molecule has 0 unspecified atom stereocenters. The lowest BCUT2D eigenvalue weighted by Gasteiger charge is -2.18. The Kier molecular flexibility index (Phi) is 3.82. The third-order valence-corrected chi connectivity index (χ3v) is 0.957. The predicted molar refractivity (Wildman–Crippen MR) is 41.4 cm³/mol. The molecular weight excluding hydrogens is 112 g/mol. The molecule has 0 aliphatic carbocycles. The molecule has 0 aromatic rings. The Morgan fingerprint density at radius 2 is 1.78 bits per heavy atom. The van der Waals surface area contributed by atoms with E-state index >= 15 is 0 Å². The standard InChI is InChI=1S/C7H18N2/c1-7(2,3)5-9-6-8-4/h8-9H,5-6H2,1-4H3. The highest BCUT2D eigenvalue weighted by molar-refractivity contribution is 4.63. The van der Waals surface area contributed by atoms with E-state index in [2.05, 4.69) is 31.4 Å². The molecule has 2 heteroatoms. The van der Waals surface area contributed by atoms with E-state index in [1.165, 1.54) is 0 Å². The average Bonchev–Trinajstić information content (AvgIpc) is 1.63. The molecule has 0 rings (SSSR count). The molecule has 0 heterocycles. The van der Waals surface area contributed by atoms with Crippen LogP contribution in [0, 0.1) is 5.41 Å². The molecule has 0 amide bonds. The van der Waals surface area contributed by atoms with Crippen LogP contribution in [-0.2, 0) is 0 Å². The van der Waals surface area contributed by atoms with Crippen LogP contribution >= 0.6 is 0 Å². The van der Waals surface area contributed by atoms with E-state index in [-0.39, 0.29) is 0 Å². The maximum absolute atomic E-state index is 3.26. The van der Waals surface area contributed by atoms with Crippen LogP contribution in [-0.4, -0.2) is 20.3 Å². The second-order valence-electron chi connectivity index (χ2n) is 3.52. The van der Waals surface area contributed by atoms with Crippen molar-refractivity contribution in [2.45, 2.75) is 20.8 Å². The number of rotatable bonds is 3. The highest BCUT2D eigenvalue weighted by atomic mass is 15.0. The Bertz CT molecular complexity index is 63.8. The van der Waals surface area contributed by atoms with Gasteiger partial charge >= 0.3 is 0 Å². The quantitative estimate of drug-likeness (QED) is 0.436. The molecule has 0 aliphatic heterocycles. The molecule has 2 nitrogen and oxygen atoms in total. The second kappa shape index (κ2) is 3.85. The molecule has 0 aliphatic rings. The predicted octanol–water partition coefficient (Wildman–Crippen LogP) is 0.799. The Morgan fingerprint density at radius 3 is 2.11 bits per heavy atom. The summed E-state index contributed by atoms with van der Waals surface area (Å²) < 4.78 is 0. The summed E-state index contributed by atoms with van der Waals surface area (Å²) in [5, 5.41) is 6.29. The van der Waals surface area contributed by atoms with Crippen LogP contribution in [0.5, 0.6) is 0 Å². The largest absolute Gasteiger partial charge is 0.308 e. The van der Waals surface area contributed by atoms with Crippen molar-refractivity contribution in [1.82, 2.24) is 10.6 Å². The number of hydrogen-bond acceptors (Lipinski definition) is 2. The minimum Gasteiger partial charge on any atom is -0.308 e. The molecule has 0 aromatic carbocycles. The van der Waals surface area contributed by atoms with Crippen molar-refractivity contribution in [3.05, 3.63) is 0 Å². The zero-order valence-electron chi connectivity index (χ0n) is 6.91. The SMILES string of the molecule is CNCNCC(C)(C)C. The van der Waals surface area contributed by atoms with E-state index in [9.17, 15) is 0 Å². The van der Waals surface area contributed by atoms with Gasteiger partial charge in [-0.1, -0.05) is 20.8 Å². The van der Waals surface area contributed by atoms with E-state index in [0.29, 0.717) is 5.41 Å². The molecule has 9 heavy (non-hydrogen) atoms. The van der Waals surface area contributed by atoms with Gasteiger partial charge in [0, 0.05) is 13.2 Å². The molecule has 0 spiro atoms. The smallest absolute Gasteiger partial charge is 0.0451 e. The minimum atomic E-state index is 0.400. The van der Waals surface area contributed by atoms with Crippen LogP contribution in [0.1, 0.15) is 20.8 Å². The van der Waals surface area contributed by atoms with Crippen molar-refractivity contribution < 1.29 is 0 Å². The van der Waals surface area contributed by atoms with Gasteiger partial charge in [-0.25, -0.2) is 0 Å². The summed E-state index contributed by atoms with van der Waals surface area (Å²) in [7, 11) is 1.94. The lowest BCUT2D eigenvalue weighted by molar-refractivity contribution is 0.376. The monoisotopic (exact) mass is 130 g/mol. The van der Waals surface area contributed by atoms with Gasteiger partial charge in [0.1, 0.15) is 0 Å². The highest BCUT2D eigenvalue weighted by Crippen LogP contribution is 2.09. The molecule has 0 atom stereocenters. The number of hydrogen-bond donors (Lipinski definition) is 2. The van der Waals surface area contributed by atoms with Crippen LogP contribution < -0.4 is 10.6 Å². The summed E-state index contributed by atoms with van der Waals surface area (Å²) in [5.41, 5.74) is 0.400. The Morgan fingerprint density at radius 1 is 1.22 bits per heavy atom. The van der Waals surface area contributed by atoms with Gasteiger partial charge in [0.05, 0.1) is 0 Å². The summed E-state index contributed by atoms with van der Waals surface area (Å²) in [5.74, 6) is 0. The van der Waals surface area contributed by atoms with Crippen LogP contribution in [0.2, 0.25) is 0 Å². The Labute approximate surface area is 58.0 Å². The summed E-state index contributed by atoms with van der Waals surface area (Å²) >= 11 is 0. The molecule has 0 aromatic heterocycles. The van der Waals surface area contributed by atoms with Gasteiger partial charge in [-0.15, -0.1) is 0 Å². The van der Waals surface area contributed by atoms with Crippen molar-refractivity contribution in [1.29, 1.82) is 0 Å². The summed E-state index contributed by atoms with van der Waals surface area (Å²) in [6.45, 7) is 8.62. The van der Waals surface area contributed by atoms with Gasteiger partial charge < -0.3 is 10.6 Å². The van der Waals surface area contributed by atoms with Crippen LogP contribution in [0.3, 0.4) is 0 Å². The zero-order valence-corrected chi connectivity index (χ0v) is 6.91. The Hall–Kier alpha value is -0.0800. The molecule has 0 radical (unpaired) electrons. The zero-order chi connectivity index (χ0) is 7.33. The molecule has 0 bridgehead atoms.